The number of fused-ring (bicyclic) bond motifs is 1. The fraction of sp³-hybridized carbons (Fsp3) is 0.429. The monoisotopic (exact) mass is 447 g/mol. The van der Waals surface area contributed by atoms with Crippen molar-refractivity contribution in [3.63, 3.8) is 0 Å². The van der Waals surface area contributed by atoms with Crippen LogP contribution in [0.3, 0.4) is 0 Å². The number of nitrogens with one attached hydrogen (secondary N) is 1. The highest BCUT2D eigenvalue weighted by atomic mass is 32.2. The molecule has 1 aliphatic rings. The number of hydrogen-bond acceptors (Lipinski definition) is 7. The molecule has 4 N–H and O–H groups in total. The highest BCUT2D eigenvalue weighted by molar-refractivity contribution is 7.91. The molecule has 4 rings (SSSR count). The summed E-state index contributed by atoms with van der Waals surface area (Å²) in [5.74, 6) is -0.546. The van der Waals surface area contributed by atoms with Gasteiger partial charge in [-0.05, 0) is 44.2 Å². The number of halogens is 1. The van der Waals surface area contributed by atoms with E-state index in [4.69, 9.17) is 5.73 Å². The standard InChI is InChI=1S/C21H26FN5O3S/c1-12-3-6-15(25-12)7-8-18-19(31(2,29)30)20(23)27-21(26-18)16(10-24-27)13-4-5-14(11-28)17(22)9-13/h4-5,9-10,12,15,25,28H,3,6-8,11,23H2,1-2H3/t12-,15-/m0/s1. The zero-order chi connectivity index (χ0) is 22.3. The Morgan fingerprint density at radius 1 is 1.35 bits per heavy atom. The number of nitrogens with two attached hydrogens (primary N) is 1. The van der Waals surface area contributed by atoms with Gasteiger partial charge in [0.25, 0.3) is 0 Å². The molecule has 10 heteroatoms. The Morgan fingerprint density at radius 3 is 2.74 bits per heavy atom. The second kappa shape index (κ2) is 8.18. The van der Waals surface area contributed by atoms with Crippen LogP contribution in [0.2, 0.25) is 0 Å². The van der Waals surface area contributed by atoms with Crippen molar-refractivity contribution in [2.24, 2.45) is 0 Å². The Bertz CT molecular complexity index is 1240. The van der Waals surface area contributed by atoms with Crippen LogP contribution < -0.4 is 11.1 Å². The Hall–Kier alpha value is -2.56. The Balaban J connectivity index is 1.81. The Morgan fingerprint density at radius 2 is 2.13 bits per heavy atom. The van der Waals surface area contributed by atoms with Gasteiger partial charge in [-0.25, -0.2) is 17.8 Å². The third-order valence-electron chi connectivity index (χ3n) is 5.81. The van der Waals surface area contributed by atoms with E-state index in [1.54, 1.807) is 6.07 Å². The summed E-state index contributed by atoms with van der Waals surface area (Å²) in [6.45, 7) is 1.73. The molecule has 0 unspecified atom stereocenters. The maximum atomic E-state index is 14.2. The van der Waals surface area contributed by atoms with Crippen LogP contribution in [0.25, 0.3) is 16.8 Å². The maximum Gasteiger partial charge on any atom is 0.180 e. The van der Waals surface area contributed by atoms with Crippen molar-refractivity contribution < 1.29 is 17.9 Å². The first-order chi connectivity index (χ1) is 14.7. The van der Waals surface area contributed by atoms with Gasteiger partial charge in [-0.3, -0.25) is 0 Å². The van der Waals surface area contributed by atoms with Gasteiger partial charge in [-0.2, -0.15) is 9.61 Å². The molecule has 166 valence electrons. The second-order valence-electron chi connectivity index (χ2n) is 8.18. The molecule has 1 aromatic carbocycles. The summed E-state index contributed by atoms with van der Waals surface area (Å²) in [7, 11) is -3.64. The van der Waals surface area contributed by atoms with Crippen molar-refractivity contribution >= 4 is 21.3 Å². The molecule has 3 heterocycles. The zero-order valence-corrected chi connectivity index (χ0v) is 18.3. The van der Waals surface area contributed by atoms with Gasteiger partial charge in [-0.1, -0.05) is 12.1 Å². The quantitative estimate of drug-likeness (QED) is 0.529. The summed E-state index contributed by atoms with van der Waals surface area (Å²) in [5.41, 5.74) is 8.23. The first-order valence-corrected chi connectivity index (χ1v) is 12.1. The van der Waals surface area contributed by atoms with Gasteiger partial charge >= 0.3 is 0 Å². The van der Waals surface area contributed by atoms with Crippen molar-refractivity contribution in [1.29, 1.82) is 0 Å². The van der Waals surface area contributed by atoms with Crippen LogP contribution in [0.5, 0.6) is 0 Å². The third-order valence-corrected chi connectivity index (χ3v) is 7.00. The lowest BCUT2D eigenvalue weighted by molar-refractivity contribution is 0.276. The topological polar surface area (TPSA) is 123 Å². The minimum atomic E-state index is -3.64. The molecule has 0 spiro atoms. The van der Waals surface area contributed by atoms with Crippen LogP contribution in [0, 0.1) is 5.82 Å². The molecular weight excluding hydrogens is 421 g/mol. The minimum Gasteiger partial charge on any atom is -0.392 e. The van der Waals surface area contributed by atoms with Crippen LogP contribution in [0.1, 0.15) is 37.4 Å². The molecule has 0 aliphatic carbocycles. The lowest BCUT2D eigenvalue weighted by atomic mass is 10.1. The number of aromatic nitrogens is 3. The summed E-state index contributed by atoms with van der Waals surface area (Å²) in [4.78, 5) is 4.62. The molecular formula is C21H26FN5O3S. The summed E-state index contributed by atoms with van der Waals surface area (Å²) >= 11 is 0. The van der Waals surface area contributed by atoms with Crippen LogP contribution >= 0.6 is 0 Å². The fourth-order valence-electron chi connectivity index (χ4n) is 4.23. The summed E-state index contributed by atoms with van der Waals surface area (Å²) in [6, 6.07) is 5.20. The van der Waals surface area contributed by atoms with Crippen LogP contribution in [-0.2, 0) is 22.9 Å². The molecule has 0 radical (unpaired) electrons. The minimum absolute atomic E-state index is 0.00560. The van der Waals surface area contributed by atoms with Gasteiger partial charge in [-0.15, -0.1) is 0 Å². The predicted octanol–water partition coefficient (Wildman–Crippen LogP) is 2.09. The normalized spacial score (nSPS) is 19.4. The lowest BCUT2D eigenvalue weighted by Crippen LogP contribution is -2.27. The van der Waals surface area contributed by atoms with Crippen molar-refractivity contribution in [2.45, 2.75) is 56.2 Å². The molecule has 0 amide bonds. The van der Waals surface area contributed by atoms with Gasteiger partial charge in [0.1, 0.15) is 16.5 Å². The number of aliphatic hydroxyl groups excluding tert-OH is 1. The molecule has 2 aromatic heterocycles. The first-order valence-electron chi connectivity index (χ1n) is 10.2. The number of sulfone groups is 1. The van der Waals surface area contributed by atoms with Crippen LogP contribution in [0.4, 0.5) is 10.2 Å². The van der Waals surface area contributed by atoms with E-state index in [0.29, 0.717) is 41.0 Å². The van der Waals surface area contributed by atoms with Crippen molar-refractivity contribution in [3.05, 3.63) is 41.5 Å². The van der Waals surface area contributed by atoms with Crippen molar-refractivity contribution in [3.8, 4) is 11.1 Å². The summed E-state index contributed by atoms with van der Waals surface area (Å²) in [5, 5.41) is 16.9. The number of nitrogen functional groups attached to an aromatic ring is 1. The van der Waals surface area contributed by atoms with Gasteiger partial charge < -0.3 is 16.2 Å². The number of rotatable bonds is 6. The van der Waals surface area contributed by atoms with Gasteiger partial charge in [0.2, 0.25) is 0 Å². The highest BCUT2D eigenvalue weighted by Gasteiger charge is 2.26. The molecule has 31 heavy (non-hydrogen) atoms. The second-order valence-corrected chi connectivity index (χ2v) is 10.1. The van der Waals surface area contributed by atoms with E-state index in [1.807, 2.05) is 0 Å². The number of anilines is 1. The predicted molar refractivity (Wildman–Crippen MR) is 116 cm³/mol. The van der Waals surface area contributed by atoms with E-state index in [2.05, 4.69) is 22.3 Å². The Kier molecular flexibility index (Phi) is 5.71. The molecule has 2 atom stereocenters. The number of benzene rings is 1. The van der Waals surface area contributed by atoms with E-state index in [-0.39, 0.29) is 16.3 Å². The Labute approximate surface area is 180 Å². The smallest absolute Gasteiger partial charge is 0.180 e. The van der Waals surface area contributed by atoms with E-state index in [1.165, 1.54) is 22.8 Å². The molecule has 0 saturated carbocycles. The van der Waals surface area contributed by atoms with Crippen LogP contribution in [0.15, 0.2) is 29.3 Å². The maximum absolute atomic E-state index is 14.2. The fourth-order valence-corrected chi connectivity index (χ4v) is 5.27. The SMILES string of the molecule is C[C@H]1CC[C@@H](CCc2nc3c(-c4ccc(CO)c(F)c4)cnn3c(N)c2S(C)(=O)=O)N1. The highest BCUT2D eigenvalue weighted by Crippen LogP contribution is 2.31. The van der Waals surface area contributed by atoms with Crippen molar-refractivity contribution in [2.75, 3.05) is 12.0 Å². The molecule has 3 aromatic rings. The lowest BCUT2D eigenvalue weighted by Gasteiger charge is -2.15. The average Bonchev–Trinajstić information content (AvgIpc) is 3.31. The molecule has 1 fully saturated rings. The first kappa shape index (κ1) is 21.7. The summed E-state index contributed by atoms with van der Waals surface area (Å²) in [6.07, 6.45) is 5.89. The molecule has 0 bridgehead atoms. The molecule has 8 nitrogen and oxygen atoms in total. The molecule has 1 saturated heterocycles. The number of aliphatic hydroxyl groups is 1. The molecule has 1 aliphatic heterocycles. The van der Waals surface area contributed by atoms with E-state index >= 15 is 0 Å². The van der Waals surface area contributed by atoms with Crippen LogP contribution in [-0.4, -0.2) is 46.5 Å². The van der Waals surface area contributed by atoms with E-state index in [0.717, 1.165) is 25.5 Å². The van der Waals surface area contributed by atoms with Gasteiger partial charge in [0.15, 0.2) is 15.5 Å². The largest absolute Gasteiger partial charge is 0.392 e. The van der Waals surface area contributed by atoms with Gasteiger partial charge in [0, 0.05) is 29.5 Å². The van der Waals surface area contributed by atoms with Crippen molar-refractivity contribution in [1.82, 2.24) is 19.9 Å². The number of nitrogens with zero attached hydrogens (tertiary/aromatic N) is 3. The van der Waals surface area contributed by atoms with E-state index in [9.17, 15) is 17.9 Å². The summed E-state index contributed by atoms with van der Waals surface area (Å²) < 4.78 is 40.5. The third kappa shape index (κ3) is 4.15. The number of aryl methyl sites for hydroxylation is 1. The van der Waals surface area contributed by atoms with E-state index < -0.39 is 22.3 Å². The van der Waals surface area contributed by atoms with Gasteiger partial charge in [0.05, 0.1) is 18.5 Å². The average molecular weight is 448 g/mol. The number of hydrogen-bond donors (Lipinski definition) is 3. The zero-order valence-electron chi connectivity index (χ0n) is 17.5.